The second-order valence-corrected chi connectivity index (χ2v) is 7.54. The number of amides is 2. The van der Waals surface area contributed by atoms with Crippen molar-refractivity contribution >= 4 is 23.2 Å². The Balaban J connectivity index is 1.23. The highest BCUT2D eigenvalue weighted by molar-refractivity contribution is 5.96. The lowest BCUT2D eigenvalue weighted by atomic mass is 10.2. The van der Waals surface area contributed by atoms with Gasteiger partial charge in [-0.3, -0.25) is 9.59 Å². The number of carbonyl (C=O) groups excluding carboxylic acids is 2. The molecule has 2 amide bonds. The van der Waals surface area contributed by atoms with E-state index in [0.29, 0.717) is 35.9 Å². The van der Waals surface area contributed by atoms with Crippen molar-refractivity contribution in [3.05, 3.63) is 114 Å². The van der Waals surface area contributed by atoms with Crippen LogP contribution in [0.25, 0.3) is 0 Å². The molecule has 0 aliphatic heterocycles. The zero-order chi connectivity index (χ0) is 23.6. The SMILES string of the molecule is O=C(CNc1cccc(C(=O)NCc2ccco2)c1)Nc1ccc(OCc2ccccc2)cc1. The van der Waals surface area contributed by atoms with E-state index in [-0.39, 0.29) is 18.4 Å². The predicted octanol–water partition coefficient (Wildman–Crippen LogP) is 4.84. The fourth-order valence-electron chi connectivity index (χ4n) is 3.22. The Morgan fingerprint density at radius 3 is 2.41 bits per heavy atom. The number of nitrogens with one attached hydrogen (secondary N) is 3. The summed E-state index contributed by atoms with van der Waals surface area (Å²) < 4.78 is 11.0. The summed E-state index contributed by atoms with van der Waals surface area (Å²) in [5.41, 5.74) is 2.92. The monoisotopic (exact) mass is 455 g/mol. The summed E-state index contributed by atoms with van der Waals surface area (Å²) in [6.07, 6.45) is 1.56. The Labute approximate surface area is 197 Å². The van der Waals surface area contributed by atoms with E-state index in [1.165, 1.54) is 0 Å². The van der Waals surface area contributed by atoms with Gasteiger partial charge >= 0.3 is 0 Å². The lowest BCUT2D eigenvalue weighted by Crippen LogP contribution is -2.23. The first-order valence-corrected chi connectivity index (χ1v) is 10.9. The molecule has 0 aliphatic carbocycles. The first kappa shape index (κ1) is 22.7. The summed E-state index contributed by atoms with van der Waals surface area (Å²) in [6.45, 7) is 0.849. The van der Waals surface area contributed by atoms with Gasteiger partial charge in [-0.25, -0.2) is 0 Å². The smallest absolute Gasteiger partial charge is 0.251 e. The molecule has 34 heavy (non-hydrogen) atoms. The lowest BCUT2D eigenvalue weighted by Gasteiger charge is -2.10. The maximum absolute atomic E-state index is 12.4. The molecule has 0 fully saturated rings. The van der Waals surface area contributed by atoms with Gasteiger partial charge in [-0.1, -0.05) is 36.4 Å². The van der Waals surface area contributed by atoms with E-state index in [4.69, 9.17) is 9.15 Å². The summed E-state index contributed by atoms with van der Waals surface area (Å²) in [5.74, 6) is 0.974. The molecule has 0 bridgehead atoms. The van der Waals surface area contributed by atoms with E-state index in [2.05, 4.69) is 16.0 Å². The van der Waals surface area contributed by atoms with Crippen LogP contribution >= 0.6 is 0 Å². The highest BCUT2D eigenvalue weighted by atomic mass is 16.5. The Kier molecular flexibility index (Phi) is 7.58. The summed E-state index contributed by atoms with van der Waals surface area (Å²) in [4.78, 5) is 24.7. The van der Waals surface area contributed by atoms with Crippen LogP contribution in [0.2, 0.25) is 0 Å². The average molecular weight is 456 g/mol. The standard InChI is InChI=1S/C27H25N3O4/c31-26(30-22-11-13-24(14-12-22)34-19-20-6-2-1-3-7-20)18-28-23-9-4-8-21(16-23)27(32)29-17-25-10-5-15-33-25/h1-16,28H,17-19H2,(H,29,32)(H,30,31). The van der Waals surface area contributed by atoms with Crippen molar-refractivity contribution in [2.24, 2.45) is 0 Å². The second-order valence-electron chi connectivity index (χ2n) is 7.54. The minimum Gasteiger partial charge on any atom is -0.489 e. The third-order valence-electron chi connectivity index (χ3n) is 4.97. The summed E-state index contributed by atoms with van der Waals surface area (Å²) >= 11 is 0. The zero-order valence-electron chi connectivity index (χ0n) is 18.5. The normalized spacial score (nSPS) is 10.4. The van der Waals surface area contributed by atoms with Crippen LogP contribution in [0.5, 0.6) is 5.75 Å². The molecule has 3 aromatic carbocycles. The van der Waals surface area contributed by atoms with E-state index in [0.717, 1.165) is 11.3 Å². The van der Waals surface area contributed by atoms with Gasteiger partial charge in [0.05, 0.1) is 19.4 Å². The minimum atomic E-state index is -0.223. The number of ether oxygens (including phenoxy) is 1. The van der Waals surface area contributed by atoms with Crippen molar-refractivity contribution in [2.45, 2.75) is 13.2 Å². The van der Waals surface area contributed by atoms with E-state index in [9.17, 15) is 9.59 Å². The number of anilines is 2. The van der Waals surface area contributed by atoms with Gasteiger partial charge in [0.25, 0.3) is 5.91 Å². The molecule has 0 saturated carbocycles. The number of hydrogen-bond acceptors (Lipinski definition) is 5. The zero-order valence-corrected chi connectivity index (χ0v) is 18.5. The van der Waals surface area contributed by atoms with E-state index >= 15 is 0 Å². The molecule has 172 valence electrons. The van der Waals surface area contributed by atoms with Crippen molar-refractivity contribution in [3.63, 3.8) is 0 Å². The van der Waals surface area contributed by atoms with Gasteiger partial charge in [0.1, 0.15) is 18.1 Å². The predicted molar refractivity (Wildman–Crippen MR) is 131 cm³/mol. The number of rotatable bonds is 10. The van der Waals surface area contributed by atoms with Crippen molar-refractivity contribution in [1.82, 2.24) is 5.32 Å². The van der Waals surface area contributed by atoms with Crippen LogP contribution in [0.4, 0.5) is 11.4 Å². The van der Waals surface area contributed by atoms with Gasteiger partial charge < -0.3 is 25.1 Å². The molecule has 4 rings (SSSR count). The molecule has 0 aliphatic rings. The van der Waals surface area contributed by atoms with Crippen LogP contribution in [0, 0.1) is 0 Å². The maximum atomic E-state index is 12.4. The van der Waals surface area contributed by atoms with E-state index in [1.54, 1.807) is 54.8 Å². The number of furan rings is 1. The summed E-state index contributed by atoms with van der Waals surface area (Å²) in [6, 6.07) is 27.7. The van der Waals surface area contributed by atoms with Gasteiger partial charge in [-0.15, -0.1) is 0 Å². The number of carbonyl (C=O) groups is 2. The molecule has 0 spiro atoms. The molecule has 1 aromatic heterocycles. The molecule has 0 unspecified atom stereocenters. The van der Waals surface area contributed by atoms with Crippen LogP contribution in [0.1, 0.15) is 21.7 Å². The van der Waals surface area contributed by atoms with E-state index in [1.807, 2.05) is 42.5 Å². The lowest BCUT2D eigenvalue weighted by molar-refractivity contribution is -0.114. The third-order valence-corrected chi connectivity index (χ3v) is 4.97. The molecule has 1 heterocycles. The quantitative estimate of drug-likeness (QED) is 0.318. The van der Waals surface area contributed by atoms with Crippen molar-refractivity contribution < 1.29 is 18.7 Å². The Bertz CT molecular complexity index is 1210. The van der Waals surface area contributed by atoms with Gasteiger partial charge in [0.2, 0.25) is 5.91 Å². The maximum Gasteiger partial charge on any atom is 0.251 e. The highest BCUT2D eigenvalue weighted by Crippen LogP contribution is 2.17. The first-order chi connectivity index (χ1) is 16.7. The van der Waals surface area contributed by atoms with Crippen LogP contribution < -0.4 is 20.7 Å². The molecule has 4 aromatic rings. The fraction of sp³-hybridized carbons (Fsp3) is 0.111. The van der Waals surface area contributed by atoms with E-state index < -0.39 is 0 Å². The molecule has 7 nitrogen and oxygen atoms in total. The number of hydrogen-bond donors (Lipinski definition) is 3. The van der Waals surface area contributed by atoms with Gasteiger partial charge in [-0.05, 0) is 60.2 Å². The topological polar surface area (TPSA) is 92.6 Å². The first-order valence-electron chi connectivity index (χ1n) is 10.9. The Hall–Kier alpha value is -4.52. The van der Waals surface area contributed by atoms with Crippen molar-refractivity contribution in [2.75, 3.05) is 17.2 Å². The fourth-order valence-corrected chi connectivity index (χ4v) is 3.22. The van der Waals surface area contributed by atoms with Crippen molar-refractivity contribution in [1.29, 1.82) is 0 Å². The highest BCUT2D eigenvalue weighted by Gasteiger charge is 2.08. The Morgan fingerprint density at radius 1 is 0.824 bits per heavy atom. The molecule has 3 N–H and O–H groups in total. The molecule has 0 saturated heterocycles. The number of benzene rings is 3. The van der Waals surface area contributed by atoms with Crippen molar-refractivity contribution in [3.8, 4) is 5.75 Å². The Morgan fingerprint density at radius 2 is 1.65 bits per heavy atom. The van der Waals surface area contributed by atoms with Crippen LogP contribution in [-0.2, 0) is 17.9 Å². The van der Waals surface area contributed by atoms with Crippen LogP contribution in [0.3, 0.4) is 0 Å². The average Bonchev–Trinajstić information content (AvgIpc) is 3.40. The second kappa shape index (κ2) is 11.4. The summed E-state index contributed by atoms with van der Waals surface area (Å²) in [5, 5.41) is 8.68. The van der Waals surface area contributed by atoms with Crippen LogP contribution in [0.15, 0.2) is 102 Å². The van der Waals surface area contributed by atoms with Crippen LogP contribution in [-0.4, -0.2) is 18.4 Å². The van der Waals surface area contributed by atoms with Gasteiger partial charge in [-0.2, -0.15) is 0 Å². The molecule has 0 radical (unpaired) electrons. The summed E-state index contributed by atoms with van der Waals surface area (Å²) in [7, 11) is 0. The molecular weight excluding hydrogens is 430 g/mol. The third kappa shape index (κ3) is 6.74. The molecule has 7 heteroatoms. The minimum absolute atomic E-state index is 0.0593. The largest absolute Gasteiger partial charge is 0.489 e. The molecule has 0 atom stereocenters. The van der Waals surface area contributed by atoms with Gasteiger partial charge in [0.15, 0.2) is 0 Å². The van der Waals surface area contributed by atoms with Gasteiger partial charge in [0, 0.05) is 16.9 Å². The molecular formula is C27H25N3O4.